The van der Waals surface area contributed by atoms with Crippen LogP contribution in [0.5, 0.6) is 0 Å². The average molecular weight is 334 g/mol. The molecule has 7 nitrogen and oxygen atoms in total. The van der Waals surface area contributed by atoms with Crippen molar-refractivity contribution >= 4 is 29.5 Å². The van der Waals surface area contributed by atoms with Crippen LogP contribution < -0.4 is 5.32 Å². The van der Waals surface area contributed by atoms with Crippen LogP contribution in [-0.4, -0.2) is 50.1 Å². The molecule has 8 heteroatoms. The Morgan fingerprint density at radius 3 is 2.65 bits per heavy atom. The van der Waals surface area contributed by atoms with E-state index >= 15 is 0 Å². The topological polar surface area (TPSA) is 107 Å². The van der Waals surface area contributed by atoms with Crippen molar-refractivity contribution in [3.63, 3.8) is 0 Å². The Kier molecular flexibility index (Phi) is 4.10. The number of thioether (sulfide) groups is 1. The summed E-state index contributed by atoms with van der Waals surface area (Å²) >= 11 is 1.36. The van der Waals surface area contributed by atoms with Crippen LogP contribution in [0.2, 0.25) is 0 Å². The number of rotatable bonds is 4. The quantitative estimate of drug-likeness (QED) is 0.674. The Hall–Kier alpha value is -2.32. The molecule has 23 heavy (non-hydrogen) atoms. The molecule has 0 aliphatic carbocycles. The number of carbonyl (C=O) groups is 3. The zero-order chi connectivity index (χ0) is 16.6. The van der Waals surface area contributed by atoms with Gasteiger partial charge in [-0.1, -0.05) is 30.3 Å². The van der Waals surface area contributed by atoms with Gasteiger partial charge >= 0.3 is 5.97 Å². The first-order valence-corrected chi connectivity index (χ1v) is 7.97. The van der Waals surface area contributed by atoms with Gasteiger partial charge in [0.1, 0.15) is 17.1 Å². The van der Waals surface area contributed by atoms with Crippen LogP contribution in [0.25, 0.3) is 0 Å². The molecule has 120 valence electrons. The number of β-lactam (4-membered cyclic amide) rings is 1. The van der Waals surface area contributed by atoms with E-state index in [-0.39, 0.29) is 5.70 Å². The molecule has 3 rings (SSSR count). The highest BCUT2D eigenvalue weighted by Gasteiger charge is 2.53. The second-order valence-corrected chi connectivity index (χ2v) is 6.28. The average Bonchev–Trinajstić information content (AvgIpc) is 2.58. The van der Waals surface area contributed by atoms with Gasteiger partial charge in [0, 0.05) is 5.75 Å². The highest BCUT2D eigenvalue weighted by atomic mass is 32.2. The molecule has 2 aliphatic rings. The number of nitrogens with zero attached hydrogens (tertiary/aromatic N) is 1. The van der Waals surface area contributed by atoms with Gasteiger partial charge in [-0.2, -0.15) is 0 Å². The molecule has 1 saturated heterocycles. The number of aliphatic hydroxyl groups excluding tert-OH is 1. The largest absolute Gasteiger partial charge is 0.477 e. The molecule has 3 N–H and O–H groups in total. The molecule has 0 radical (unpaired) electrons. The summed E-state index contributed by atoms with van der Waals surface area (Å²) in [4.78, 5) is 36.5. The molecule has 2 aliphatic heterocycles. The summed E-state index contributed by atoms with van der Waals surface area (Å²) in [6.07, 6.45) is 0.0965. The molecule has 0 bridgehead atoms. The third-order valence-corrected chi connectivity index (χ3v) is 4.91. The van der Waals surface area contributed by atoms with Gasteiger partial charge in [0.2, 0.25) is 0 Å². The lowest BCUT2D eigenvalue weighted by atomic mass is 10.0. The number of hydrogen-bond donors (Lipinski definition) is 3. The maximum atomic E-state index is 12.1. The Labute approximate surface area is 136 Å². The van der Waals surface area contributed by atoms with E-state index in [2.05, 4.69) is 5.32 Å². The Bertz CT molecular complexity index is 690. The molecule has 2 amide bonds. The number of carbonyl (C=O) groups excluding carboxylic acids is 2. The zero-order valence-electron chi connectivity index (χ0n) is 11.9. The van der Waals surface area contributed by atoms with Crippen LogP contribution in [0.4, 0.5) is 0 Å². The number of aliphatic carboxylic acids is 1. The molecule has 0 spiro atoms. The molecular formula is C15H14N2O5S. The van der Waals surface area contributed by atoms with Crippen LogP contribution >= 0.6 is 11.8 Å². The van der Waals surface area contributed by atoms with Gasteiger partial charge in [-0.3, -0.25) is 14.5 Å². The summed E-state index contributed by atoms with van der Waals surface area (Å²) in [5.41, 5.74) is 0.365. The fraction of sp³-hybridized carbons (Fsp3) is 0.267. The summed E-state index contributed by atoms with van der Waals surface area (Å²) in [5, 5.41) is 21.2. The lowest BCUT2D eigenvalue weighted by molar-refractivity contribution is -0.151. The maximum absolute atomic E-state index is 12.1. The van der Waals surface area contributed by atoms with Gasteiger partial charge in [-0.25, -0.2) is 4.79 Å². The molecule has 1 aromatic rings. The molecule has 3 atom stereocenters. The second-order valence-electron chi connectivity index (χ2n) is 5.13. The monoisotopic (exact) mass is 334 g/mol. The third-order valence-electron chi connectivity index (χ3n) is 3.73. The Morgan fingerprint density at radius 2 is 2.00 bits per heavy atom. The highest BCUT2D eigenvalue weighted by Crippen LogP contribution is 2.37. The van der Waals surface area contributed by atoms with E-state index in [1.54, 1.807) is 30.3 Å². The number of aliphatic hydroxyl groups is 1. The van der Waals surface area contributed by atoms with E-state index in [0.717, 1.165) is 4.90 Å². The summed E-state index contributed by atoms with van der Waals surface area (Å²) < 4.78 is 0. The molecule has 2 heterocycles. The van der Waals surface area contributed by atoms with E-state index in [1.807, 2.05) is 0 Å². The molecular weight excluding hydrogens is 320 g/mol. The van der Waals surface area contributed by atoms with Crippen LogP contribution in [0, 0.1) is 0 Å². The van der Waals surface area contributed by atoms with Crippen molar-refractivity contribution in [1.29, 1.82) is 0 Å². The highest BCUT2D eigenvalue weighted by molar-refractivity contribution is 8.00. The standard InChI is InChI=1S/C15H14N2O5S/c18-11(8-4-2-1-3-5-8)12(19)16-10-13(20)17-9(15(21)22)6-7-23-14(10)17/h1-6,10-11,14,18H,7H2,(H,16,19)(H,21,22)/t10?,11?,14-/m1/s1. The van der Waals surface area contributed by atoms with Gasteiger partial charge in [0.05, 0.1) is 0 Å². The molecule has 2 unspecified atom stereocenters. The Morgan fingerprint density at radius 1 is 1.30 bits per heavy atom. The van der Waals surface area contributed by atoms with Crippen LogP contribution in [0.3, 0.4) is 0 Å². The minimum atomic E-state index is -1.37. The fourth-order valence-electron chi connectivity index (χ4n) is 2.56. The number of carboxylic acids is 1. The lowest BCUT2D eigenvalue weighted by Gasteiger charge is -2.48. The van der Waals surface area contributed by atoms with E-state index in [4.69, 9.17) is 5.11 Å². The van der Waals surface area contributed by atoms with Crippen molar-refractivity contribution in [1.82, 2.24) is 10.2 Å². The van der Waals surface area contributed by atoms with E-state index < -0.39 is 35.3 Å². The van der Waals surface area contributed by atoms with Gasteiger partial charge in [-0.15, -0.1) is 11.8 Å². The summed E-state index contributed by atoms with van der Waals surface area (Å²) in [5.74, 6) is -1.88. The number of amides is 2. The van der Waals surface area contributed by atoms with Crippen molar-refractivity contribution in [3.8, 4) is 0 Å². The minimum Gasteiger partial charge on any atom is -0.477 e. The van der Waals surface area contributed by atoms with E-state index in [0.29, 0.717) is 11.3 Å². The van der Waals surface area contributed by atoms with E-state index in [9.17, 15) is 19.5 Å². The number of fused-ring (bicyclic) bond motifs is 1. The van der Waals surface area contributed by atoms with Gasteiger partial charge < -0.3 is 15.5 Å². The van der Waals surface area contributed by atoms with Gasteiger partial charge in [-0.05, 0) is 11.6 Å². The first-order chi connectivity index (χ1) is 11.0. The van der Waals surface area contributed by atoms with Crippen LogP contribution in [0.15, 0.2) is 42.1 Å². The molecule has 0 aromatic heterocycles. The SMILES string of the molecule is O=C(O)C1=CCS[C@@H]2C(NC(=O)C(O)c3ccccc3)C(=O)N12. The molecule has 1 aromatic carbocycles. The van der Waals surface area contributed by atoms with Crippen molar-refractivity contribution in [2.75, 3.05) is 5.75 Å². The summed E-state index contributed by atoms with van der Waals surface area (Å²) in [7, 11) is 0. The normalized spacial score (nSPS) is 24.1. The lowest BCUT2D eigenvalue weighted by Crippen LogP contribution is -2.70. The smallest absolute Gasteiger partial charge is 0.352 e. The van der Waals surface area contributed by atoms with E-state index in [1.165, 1.54) is 17.8 Å². The van der Waals surface area contributed by atoms with Crippen molar-refractivity contribution in [2.24, 2.45) is 0 Å². The Balaban J connectivity index is 1.68. The van der Waals surface area contributed by atoms with Gasteiger partial charge in [0.15, 0.2) is 6.10 Å². The predicted molar refractivity (Wildman–Crippen MR) is 82.1 cm³/mol. The van der Waals surface area contributed by atoms with Crippen molar-refractivity contribution in [2.45, 2.75) is 17.5 Å². The molecule has 1 fully saturated rings. The maximum Gasteiger partial charge on any atom is 0.352 e. The van der Waals surface area contributed by atoms with Crippen LogP contribution in [-0.2, 0) is 14.4 Å². The van der Waals surface area contributed by atoms with Crippen molar-refractivity contribution in [3.05, 3.63) is 47.7 Å². The van der Waals surface area contributed by atoms with Crippen LogP contribution in [0.1, 0.15) is 11.7 Å². The number of carboxylic acid groups (broad SMARTS) is 1. The number of benzene rings is 1. The predicted octanol–water partition coefficient (Wildman–Crippen LogP) is 0.0884. The third kappa shape index (κ3) is 2.71. The second kappa shape index (κ2) is 6.05. The zero-order valence-corrected chi connectivity index (χ0v) is 12.7. The van der Waals surface area contributed by atoms with Gasteiger partial charge in [0.25, 0.3) is 11.8 Å². The first-order valence-electron chi connectivity index (χ1n) is 6.92. The fourth-order valence-corrected chi connectivity index (χ4v) is 3.75. The summed E-state index contributed by atoms with van der Waals surface area (Å²) in [6, 6.07) is 7.56. The number of hydrogen-bond acceptors (Lipinski definition) is 5. The van der Waals surface area contributed by atoms with Crippen molar-refractivity contribution < 1.29 is 24.6 Å². The summed E-state index contributed by atoms with van der Waals surface area (Å²) in [6.45, 7) is 0. The number of nitrogens with one attached hydrogen (secondary N) is 1. The first kappa shape index (κ1) is 15.6. The molecule has 0 saturated carbocycles. The minimum absolute atomic E-state index is 0.0622.